The average molecular weight is 462 g/mol. The highest BCUT2D eigenvalue weighted by Gasteiger charge is 2.33. The lowest BCUT2D eigenvalue weighted by Crippen LogP contribution is -2.48. The van der Waals surface area contributed by atoms with Crippen LogP contribution in [0, 0.1) is 11.3 Å². The molecule has 0 rings (SSSR count). The summed E-state index contributed by atoms with van der Waals surface area (Å²) < 4.78 is 24.6. The molecule has 0 aromatic carbocycles. The second-order valence-electron chi connectivity index (χ2n) is 9.57. The van der Waals surface area contributed by atoms with E-state index in [1.54, 1.807) is 41.5 Å². The Morgan fingerprint density at radius 2 is 1.48 bits per heavy atom. The second kappa shape index (κ2) is 13.2. The SMILES string of the molecule is CC(C)N(C(C)C)P(OCCC#N)OC[C@H](NC(=O)OC(C)(C)C)C(=O)OC(C)(C)C. The van der Waals surface area contributed by atoms with Crippen LogP contribution in [0.15, 0.2) is 0 Å². The minimum absolute atomic E-state index is 0.104. The number of nitrogens with one attached hydrogen (secondary N) is 1. The maximum atomic E-state index is 12.7. The molecule has 0 aliphatic carbocycles. The van der Waals surface area contributed by atoms with Crippen molar-refractivity contribution in [1.29, 1.82) is 5.26 Å². The zero-order valence-electron chi connectivity index (χ0n) is 20.6. The number of nitrogens with zero attached hydrogens (tertiary/aromatic N) is 2. The van der Waals surface area contributed by atoms with Crippen molar-refractivity contribution in [2.45, 2.75) is 105 Å². The monoisotopic (exact) mass is 461 g/mol. The normalized spacial score (nSPS) is 14.3. The summed E-state index contributed by atoms with van der Waals surface area (Å²) in [7, 11) is -1.57. The zero-order chi connectivity index (χ0) is 24.4. The zero-order valence-corrected chi connectivity index (χ0v) is 21.5. The number of nitriles is 1. The molecule has 0 saturated carbocycles. The lowest BCUT2D eigenvalue weighted by Gasteiger charge is -2.36. The molecule has 180 valence electrons. The molecule has 31 heavy (non-hydrogen) atoms. The predicted molar refractivity (Wildman–Crippen MR) is 120 cm³/mol. The number of ether oxygens (including phenoxy) is 2. The predicted octanol–water partition coefficient (Wildman–Crippen LogP) is 4.51. The highest BCUT2D eigenvalue weighted by Crippen LogP contribution is 2.46. The van der Waals surface area contributed by atoms with Crippen molar-refractivity contribution in [3.05, 3.63) is 0 Å². The van der Waals surface area contributed by atoms with Crippen LogP contribution in [-0.2, 0) is 23.3 Å². The summed E-state index contributed by atoms with van der Waals surface area (Å²) in [5, 5.41) is 11.4. The molecule has 0 radical (unpaired) electrons. The Morgan fingerprint density at radius 1 is 0.968 bits per heavy atom. The fraction of sp³-hybridized carbons (Fsp3) is 0.857. The van der Waals surface area contributed by atoms with Gasteiger partial charge in [-0.2, -0.15) is 5.26 Å². The Hall–Kier alpha value is -1.46. The third kappa shape index (κ3) is 13.5. The van der Waals surface area contributed by atoms with Crippen molar-refractivity contribution in [3.63, 3.8) is 0 Å². The highest BCUT2D eigenvalue weighted by molar-refractivity contribution is 7.44. The molecule has 1 amide bonds. The largest absolute Gasteiger partial charge is 0.458 e. The molecule has 0 aromatic heterocycles. The third-order valence-electron chi connectivity index (χ3n) is 3.40. The van der Waals surface area contributed by atoms with Crippen molar-refractivity contribution in [2.24, 2.45) is 0 Å². The van der Waals surface area contributed by atoms with Gasteiger partial charge in [-0.1, -0.05) is 0 Å². The summed E-state index contributed by atoms with van der Waals surface area (Å²) in [6.07, 6.45) is -0.524. The molecule has 0 spiro atoms. The molecule has 0 heterocycles. The van der Waals surface area contributed by atoms with Gasteiger partial charge in [0, 0.05) is 12.1 Å². The number of rotatable bonds is 11. The van der Waals surface area contributed by atoms with Crippen molar-refractivity contribution >= 4 is 20.6 Å². The summed E-state index contributed by atoms with van der Waals surface area (Å²) >= 11 is 0. The molecule has 0 fully saturated rings. The fourth-order valence-corrected chi connectivity index (χ4v) is 4.06. The van der Waals surface area contributed by atoms with Crippen LogP contribution in [-0.4, -0.2) is 59.3 Å². The first-order chi connectivity index (χ1) is 14.1. The van der Waals surface area contributed by atoms with E-state index in [9.17, 15) is 9.59 Å². The Bertz CT molecular complexity index is 600. The molecule has 10 heteroatoms. The molecule has 0 aromatic rings. The maximum absolute atomic E-state index is 12.7. The Balaban J connectivity index is 5.50. The summed E-state index contributed by atoms with van der Waals surface area (Å²) in [4.78, 5) is 25.0. The molecule has 0 aliphatic rings. The smallest absolute Gasteiger partial charge is 0.408 e. The highest BCUT2D eigenvalue weighted by atomic mass is 31.2. The molecule has 0 aliphatic heterocycles. The van der Waals surface area contributed by atoms with Gasteiger partial charge < -0.3 is 23.8 Å². The summed E-state index contributed by atoms with van der Waals surface area (Å²) in [5.41, 5.74) is -1.45. The van der Waals surface area contributed by atoms with Gasteiger partial charge >= 0.3 is 12.1 Å². The lowest BCUT2D eigenvalue weighted by molar-refractivity contribution is -0.158. The van der Waals surface area contributed by atoms with E-state index >= 15 is 0 Å². The standard InChI is InChI=1S/C21H40N3O6P/c1-15(2)24(16(3)4)31(27-13-11-12-22)28-14-17(18(25)29-20(5,6)7)23-19(26)30-21(8,9)10/h15-17H,11,13-14H2,1-10H3,(H,23,26)/t17-,31?/m0/s1. The summed E-state index contributed by atoms with van der Waals surface area (Å²) in [5.74, 6) is -0.633. The van der Waals surface area contributed by atoms with Gasteiger partial charge in [-0.3, -0.25) is 0 Å². The third-order valence-corrected chi connectivity index (χ3v) is 5.47. The number of carbonyl (C=O) groups is 2. The first-order valence-corrected chi connectivity index (χ1v) is 11.6. The summed E-state index contributed by atoms with van der Waals surface area (Å²) in [6, 6.07) is 1.16. The second-order valence-corrected chi connectivity index (χ2v) is 11.0. The van der Waals surface area contributed by atoms with E-state index in [4.69, 9.17) is 23.8 Å². The first-order valence-electron chi connectivity index (χ1n) is 10.5. The van der Waals surface area contributed by atoms with E-state index < -0.39 is 37.8 Å². The van der Waals surface area contributed by atoms with Crippen LogP contribution < -0.4 is 5.32 Å². The van der Waals surface area contributed by atoms with Gasteiger partial charge in [0.15, 0.2) is 6.04 Å². The van der Waals surface area contributed by atoms with Gasteiger partial charge in [-0.05, 0) is 69.2 Å². The van der Waals surface area contributed by atoms with E-state index in [0.717, 1.165) is 0 Å². The lowest BCUT2D eigenvalue weighted by atomic mass is 10.2. The van der Waals surface area contributed by atoms with Crippen LogP contribution in [0.4, 0.5) is 4.79 Å². The van der Waals surface area contributed by atoms with E-state index in [1.165, 1.54) is 0 Å². The minimum atomic E-state index is -1.57. The van der Waals surface area contributed by atoms with Gasteiger partial charge in [0.05, 0.1) is 25.7 Å². The summed E-state index contributed by atoms with van der Waals surface area (Å²) in [6.45, 7) is 18.5. The quantitative estimate of drug-likeness (QED) is 0.272. The maximum Gasteiger partial charge on any atom is 0.408 e. The van der Waals surface area contributed by atoms with E-state index in [0.29, 0.717) is 0 Å². The number of hydrogen-bond acceptors (Lipinski definition) is 8. The number of alkyl carbamates (subject to hydrolysis) is 1. The van der Waals surface area contributed by atoms with Crippen LogP contribution >= 0.6 is 8.53 Å². The Labute approximate surface area is 188 Å². The average Bonchev–Trinajstić information content (AvgIpc) is 2.54. The van der Waals surface area contributed by atoms with Crippen molar-refractivity contribution < 1.29 is 28.1 Å². The first kappa shape index (κ1) is 29.5. The van der Waals surface area contributed by atoms with Crippen molar-refractivity contribution in [2.75, 3.05) is 13.2 Å². The van der Waals surface area contributed by atoms with Gasteiger partial charge in [0.2, 0.25) is 0 Å². The van der Waals surface area contributed by atoms with Crippen LogP contribution in [0.25, 0.3) is 0 Å². The van der Waals surface area contributed by atoms with Crippen LogP contribution in [0.1, 0.15) is 75.7 Å². The van der Waals surface area contributed by atoms with Gasteiger partial charge in [0.25, 0.3) is 8.53 Å². The fourth-order valence-electron chi connectivity index (χ4n) is 2.44. The van der Waals surface area contributed by atoms with E-state index in [-0.39, 0.29) is 31.7 Å². The van der Waals surface area contributed by atoms with E-state index in [2.05, 4.69) is 5.32 Å². The molecule has 9 nitrogen and oxygen atoms in total. The molecule has 1 N–H and O–H groups in total. The molecule has 2 atom stereocenters. The minimum Gasteiger partial charge on any atom is -0.458 e. The molecule has 1 unspecified atom stereocenters. The van der Waals surface area contributed by atoms with Crippen LogP contribution in [0.5, 0.6) is 0 Å². The number of amides is 1. The number of carbonyl (C=O) groups excluding carboxylic acids is 2. The number of hydrogen-bond donors (Lipinski definition) is 1. The molecule has 0 bridgehead atoms. The van der Waals surface area contributed by atoms with Gasteiger partial charge in [-0.25, -0.2) is 14.3 Å². The van der Waals surface area contributed by atoms with Gasteiger partial charge in [0.1, 0.15) is 11.2 Å². The molecule has 0 saturated heterocycles. The van der Waals surface area contributed by atoms with Crippen molar-refractivity contribution in [3.8, 4) is 6.07 Å². The Morgan fingerprint density at radius 3 is 1.90 bits per heavy atom. The van der Waals surface area contributed by atoms with Gasteiger partial charge in [-0.15, -0.1) is 0 Å². The van der Waals surface area contributed by atoms with Crippen LogP contribution in [0.3, 0.4) is 0 Å². The molecular weight excluding hydrogens is 421 g/mol. The van der Waals surface area contributed by atoms with Crippen molar-refractivity contribution in [1.82, 2.24) is 9.99 Å². The Kier molecular flexibility index (Phi) is 12.6. The molecular formula is C21H40N3O6P. The number of esters is 1. The van der Waals surface area contributed by atoms with Crippen LogP contribution in [0.2, 0.25) is 0 Å². The topological polar surface area (TPSA) is 110 Å². The van der Waals surface area contributed by atoms with E-state index in [1.807, 2.05) is 38.4 Å².